The molecule has 2 unspecified atom stereocenters. The SMILES string of the molecule is O=C1CCCC1C1CCCN1C(=O)c1ncccc1Br. The van der Waals surface area contributed by atoms with Gasteiger partial charge in [0.15, 0.2) is 0 Å². The summed E-state index contributed by atoms with van der Waals surface area (Å²) in [7, 11) is 0. The maximum Gasteiger partial charge on any atom is 0.273 e. The van der Waals surface area contributed by atoms with Gasteiger partial charge in [-0.2, -0.15) is 0 Å². The van der Waals surface area contributed by atoms with Crippen molar-refractivity contribution in [2.24, 2.45) is 5.92 Å². The fourth-order valence-electron chi connectivity index (χ4n) is 3.39. The van der Waals surface area contributed by atoms with Crippen molar-refractivity contribution in [3.05, 3.63) is 28.5 Å². The maximum absolute atomic E-state index is 12.7. The van der Waals surface area contributed by atoms with Gasteiger partial charge in [-0.05, 0) is 53.7 Å². The van der Waals surface area contributed by atoms with Crippen LogP contribution in [0.1, 0.15) is 42.6 Å². The summed E-state index contributed by atoms with van der Waals surface area (Å²) in [6.45, 7) is 0.732. The van der Waals surface area contributed by atoms with E-state index in [4.69, 9.17) is 0 Å². The standard InChI is InChI=1S/C15H17BrN2O2/c16-11-5-2-8-17-14(11)15(20)18-9-3-6-12(18)10-4-1-7-13(10)19/h2,5,8,10,12H,1,3-4,6-7,9H2. The van der Waals surface area contributed by atoms with E-state index in [1.54, 1.807) is 12.3 Å². The number of rotatable bonds is 2. The summed E-state index contributed by atoms with van der Waals surface area (Å²) in [5, 5.41) is 0. The molecule has 2 atom stereocenters. The number of hydrogen-bond donors (Lipinski definition) is 0. The Bertz CT molecular complexity index is 546. The molecule has 2 fully saturated rings. The first-order chi connectivity index (χ1) is 9.68. The summed E-state index contributed by atoms with van der Waals surface area (Å²) in [5.41, 5.74) is 0.449. The van der Waals surface area contributed by atoms with E-state index >= 15 is 0 Å². The zero-order chi connectivity index (χ0) is 14.1. The lowest BCUT2D eigenvalue weighted by atomic mass is 9.95. The smallest absolute Gasteiger partial charge is 0.273 e. The molecule has 1 aromatic heterocycles. The van der Waals surface area contributed by atoms with E-state index < -0.39 is 0 Å². The molecule has 1 aliphatic heterocycles. The van der Waals surface area contributed by atoms with Crippen LogP contribution in [0.5, 0.6) is 0 Å². The molecular weight excluding hydrogens is 320 g/mol. The van der Waals surface area contributed by atoms with Gasteiger partial charge in [-0.1, -0.05) is 0 Å². The van der Waals surface area contributed by atoms with E-state index in [1.165, 1.54) is 0 Å². The molecule has 106 valence electrons. The van der Waals surface area contributed by atoms with E-state index in [1.807, 2.05) is 11.0 Å². The summed E-state index contributed by atoms with van der Waals surface area (Å²) in [4.78, 5) is 30.7. The maximum atomic E-state index is 12.7. The second-order valence-corrected chi connectivity index (χ2v) is 6.36. The molecule has 2 heterocycles. The number of carbonyl (C=O) groups is 2. The van der Waals surface area contributed by atoms with Crippen LogP contribution in [0.25, 0.3) is 0 Å². The first-order valence-electron chi connectivity index (χ1n) is 7.12. The van der Waals surface area contributed by atoms with Crippen LogP contribution in [-0.4, -0.2) is 34.2 Å². The molecule has 0 bridgehead atoms. The van der Waals surface area contributed by atoms with Crippen LogP contribution >= 0.6 is 15.9 Å². The molecule has 0 aromatic carbocycles. The molecule has 3 rings (SSSR count). The van der Waals surface area contributed by atoms with Crippen molar-refractivity contribution < 1.29 is 9.59 Å². The minimum Gasteiger partial charge on any atom is -0.334 e. The topological polar surface area (TPSA) is 50.3 Å². The van der Waals surface area contributed by atoms with Gasteiger partial charge < -0.3 is 4.90 Å². The molecule has 1 aliphatic carbocycles. The van der Waals surface area contributed by atoms with Crippen LogP contribution in [0.3, 0.4) is 0 Å². The van der Waals surface area contributed by atoms with Gasteiger partial charge in [0.2, 0.25) is 0 Å². The highest BCUT2D eigenvalue weighted by Gasteiger charge is 2.40. The highest BCUT2D eigenvalue weighted by atomic mass is 79.9. The summed E-state index contributed by atoms with van der Waals surface area (Å²) in [6.07, 6.45) is 6.11. The second-order valence-electron chi connectivity index (χ2n) is 5.51. The minimum atomic E-state index is -0.0559. The molecule has 1 amide bonds. The lowest BCUT2D eigenvalue weighted by Gasteiger charge is -2.28. The third-order valence-electron chi connectivity index (χ3n) is 4.34. The Morgan fingerprint density at radius 2 is 2.20 bits per heavy atom. The monoisotopic (exact) mass is 336 g/mol. The predicted octanol–water partition coefficient (Wildman–Crippen LogP) is 2.82. The summed E-state index contributed by atoms with van der Waals surface area (Å²) >= 11 is 3.38. The molecule has 0 N–H and O–H groups in total. The normalized spacial score (nSPS) is 26.2. The Hall–Kier alpha value is -1.23. The van der Waals surface area contributed by atoms with Crippen LogP contribution in [0.15, 0.2) is 22.8 Å². The van der Waals surface area contributed by atoms with Crippen molar-refractivity contribution in [2.45, 2.75) is 38.1 Å². The van der Waals surface area contributed by atoms with Crippen molar-refractivity contribution in [1.29, 1.82) is 0 Å². The van der Waals surface area contributed by atoms with E-state index in [0.29, 0.717) is 22.4 Å². The Kier molecular flexibility index (Phi) is 3.87. The van der Waals surface area contributed by atoms with E-state index in [-0.39, 0.29) is 17.9 Å². The van der Waals surface area contributed by atoms with Gasteiger partial charge in [0.25, 0.3) is 5.91 Å². The fraction of sp³-hybridized carbons (Fsp3) is 0.533. The van der Waals surface area contributed by atoms with Gasteiger partial charge in [-0.3, -0.25) is 9.59 Å². The van der Waals surface area contributed by atoms with Crippen molar-refractivity contribution >= 4 is 27.6 Å². The Morgan fingerprint density at radius 3 is 2.90 bits per heavy atom. The number of ketones is 1. The van der Waals surface area contributed by atoms with Crippen LogP contribution in [0.2, 0.25) is 0 Å². The average Bonchev–Trinajstić information content (AvgIpc) is 3.06. The number of hydrogen-bond acceptors (Lipinski definition) is 3. The Labute approximate surface area is 126 Å². The van der Waals surface area contributed by atoms with Crippen LogP contribution in [0, 0.1) is 5.92 Å². The van der Waals surface area contributed by atoms with Crippen molar-refractivity contribution in [2.75, 3.05) is 6.54 Å². The number of Topliss-reactive ketones (excluding diaryl/α,β-unsaturated/α-hetero) is 1. The minimum absolute atomic E-state index is 0.0453. The zero-order valence-electron chi connectivity index (χ0n) is 11.2. The van der Waals surface area contributed by atoms with Gasteiger partial charge in [-0.25, -0.2) is 4.98 Å². The number of likely N-dealkylation sites (tertiary alicyclic amines) is 1. The average molecular weight is 337 g/mol. The van der Waals surface area contributed by atoms with Gasteiger partial charge in [0.1, 0.15) is 11.5 Å². The number of nitrogens with zero attached hydrogens (tertiary/aromatic N) is 2. The quantitative estimate of drug-likeness (QED) is 0.834. The van der Waals surface area contributed by atoms with Crippen molar-refractivity contribution in [1.82, 2.24) is 9.88 Å². The zero-order valence-corrected chi connectivity index (χ0v) is 12.8. The molecule has 0 spiro atoms. The first-order valence-corrected chi connectivity index (χ1v) is 7.92. The lowest BCUT2D eigenvalue weighted by Crippen LogP contribution is -2.41. The number of aromatic nitrogens is 1. The predicted molar refractivity (Wildman–Crippen MR) is 78.3 cm³/mol. The highest BCUT2D eigenvalue weighted by molar-refractivity contribution is 9.10. The molecule has 20 heavy (non-hydrogen) atoms. The number of amides is 1. The van der Waals surface area contributed by atoms with Crippen LogP contribution in [-0.2, 0) is 4.79 Å². The first kappa shape index (κ1) is 13.7. The Balaban J connectivity index is 1.83. The largest absolute Gasteiger partial charge is 0.334 e. The van der Waals surface area contributed by atoms with Crippen LogP contribution < -0.4 is 0 Å². The Morgan fingerprint density at radius 1 is 1.35 bits per heavy atom. The van der Waals surface area contributed by atoms with E-state index in [9.17, 15) is 9.59 Å². The molecule has 1 saturated carbocycles. The molecule has 5 heteroatoms. The summed E-state index contributed by atoms with van der Waals surface area (Å²) in [6, 6.07) is 3.70. The molecular formula is C15H17BrN2O2. The van der Waals surface area contributed by atoms with E-state index in [0.717, 1.165) is 32.2 Å². The van der Waals surface area contributed by atoms with Crippen LogP contribution in [0.4, 0.5) is 0 Å². The number of halogens is 1. The molecule has 0 radical (unpaired) electrons. The lowest BCUT2D eigenvalue weighted by molar-refractivity contribution is -0.121. The third kappa shape index (κ3) is 2.39. The summed E-state index contributed by atoms with van der Waals surface area (Å²) in [5.74, 6) is 0.318. The van der Waals surface area contributed by atoms with Crippen molar-refractivity contribution in [3.63, 3.8) is 0 Å². The van der Waals surface area contributed by atoms with Gasteiger partial charge in [0.05, 0.1) is 0 Å². The molecule has 4 nitrogen and oxygen atoms in total. The van der Waals surface area contributed by atoms with Gasteiger partial charge in [-0.15, -0.1) is 0 Å². The molecule has 1 aromatic rings. The highest BCUT2D eigenvalue weighted by Crippen LogP contribution is 2.34. The third-order valence-corrected chi connectivity index (χ3v) is 4.98. The summed E-state index contributed by atoms with van der Waals surface area (Å²) < 4.78 is 0.716. The fourth-order valence-corrected chi connectivity index (χ4v) is 3.82. The van der Waals surface area contributed by atoms with Gasteiger partial charge >= 0.3 is 0 Å². The van der Waals surface area contributed by atoms with Gasteiger partial charge in [0, 0.05) is 35.6 Å². The number of carbonyl (C=O) groups excluding carboxylic acids is 2. The number of pyridine rings is 1. The van der Waals surface area contributed by atoms with E-state index in [2.05, 4.69) is 20.9 Å². The molecule has 2 aliphatic rings. The van der Waals surface area contributed by atoms with Crippen molar-refractivity contribution in [3.8, 4) is 0 Å². The molecule has 1 saturated heterocycles. The second kappa shape index (κ2) is 5.64.